The fraction of sp³-hybridized carbons (Fsp3) is 1.00. The SMILES string of the molecule is CC1OCCC1NC1CCCCC1CO. The summed E-state index contributed by atoms with van der Waals surface area (Å²) in [5.41, 5.74) is 0. The Morgan fingerprint density at radius 3 is 2.67 bits per heavy atom. The summed E-state index contributed by atoms with van der Waals surface area (Å²) >= 11 is 0. The Morgan fingerprint density at radius 1 is 1.20 bits per heavy atom. The summed E-state index contributed by atoms with van der Waals surface area (Å²) in [6, 6.07) is 1.01. The van der Waals surface area contributed by atoms with Gasteiger partial charge in [0.15, 0.2) is 0 Å². The van der Waals surface area contributed by atoms with Gasteiger partial charge in [0.1, 0.15) is 0 Å². The lowest BCUT2D eigenvalue weighted by Crippen LogP contribution is -2.47. The topological polar surface area (TPSA) is 41.5 Å². The van der Waals surface area contributed by atoms with E-state index in [1.807, 2.05) is 0 Å². The minimum atomic E-state index is 0.333. The van der Waals surface area contributed by atoms with Gasteiger partial charge in [-0.1, -0.05) is 12.8 Å². The van der Waals surface area contributed by atoms with E-state index in [-0.39, 0.29) is 0 Å². The van der Waals surface area contributed by atoms with Crippen LogP contribution in [0.3, 0.4) is 0 Å². The van der Waals surface area contributed by atoms with Crippen molar-refractivity contribution in [2.75, 3.05) is 13.2 Å². The number of nitrogens with one attached hydrogen (secondary N) is 1. The predicted octanol–water partition coefficient (Wildman–Crippen LogP) is 1.30. The van der Waals surface area contributed by atoms with Crippen molar-refractivity contribution < 1.29 is 9.84 Å². The van der Waals surface area contributed by atoms with Crippen LogP contribution in [-0.4, -0.2) is 36.5 Å². The first-order valence-electron chi connectivity index (χ1n) is 6.29. The molecule has 4 atom stereocenters. The monoisotopic (exact) mass is 213 g/mol. The van der Waals surface area contributed by atoms with Gasteiger partial charge in [-0.3, -0.25) is 0 Å². The predicted molar refractivity (Wildman–Crippen MR) is 59.8 cm³/mol. The Labute approximate surface area is 92.2 Å². The molecule has 1 saturated carbocycles. The Balaban J connectivity index is 1.85. The first-order chi connectivity index (χ1) is 7.31. The van der Waals surface area contributed by atoms with Crippen LogP contribution in [0.5, 0.6) is 0 Å². The van der Waals surface area contributed by atoms with E-state index in [9.17, 15) is 5.11 Å². The normalized spacial score (nSPS) is 42.0. The van der Waals surface area contributed by atoms with E-state index in [2.05, 4.69) is 12.2 Å². The number of hydrogen-bond donors (Lipinski definition) is 2. The highest BCUT2D eigenvalue weighted by Gasteiger charge is 2.30. The van der Waals surface area contributed by atoms with Crippen LogP contribution in [0.25, 0.3) is 0 Å². The van der Waals surface area contributed by atoms with Crippen LogP contribution in [0, 0.1) is 5.92 Å². The molecular formula is C12H23NO2. The summed E-state index contributed by atoms with van der Waals surface area (Å²) < 4.78 is 5.55. The number of ether oxygens (including phenoxy) is 1. The number of hydrogen-bond acceptors (Lipinski definition) is 3. The highest BCUT2D eigenvalue weighted by molar-refractivity contribution is 4.87. The van der Waals surface area contributed by atoms with Gasteiger partial charge < -0.3 is 15.2 Å². The standard InChI is InChI=1S/C12H23NO2/c1-9-11(6-7-15-9)13-12-5-3-2-4-10(12)8-14/h9-14H,2-8H2,1H3. The summed E-state index contributed by atoms with van der Waals surface area (Å²) in [4.78, 5) is 0. The molecule has 0 aromatic carbocycles. The molecule has 3 nitrogen and oxygen atoms in total. The summed E-state index contributed by atoms with van der Waals surface area (Å²) in [6.07, 6.45) is 6.43. The maximum absolute atomic E-state index is 9.33. The molecule has 0 amide bonds. The van der Waals surface area contributed by atoms with E-state index in [0.717, 1.165) is 13.0 Å². The van der Waals surface area contributed by atoms with Gasteiger partial charge in [-0.25, -0.2) is 0 Å². The molecular weight excluding hydrogens is 190 g/mol. The third-order valence-electron chi connectivity index (χ3n) is 3.95. The summed E-state index contributed by atoms with van der Waals surface area (Å²) in [6.45, 7) is 3.36. The third-order valence-corrected chi connectivity index (χ3v) is 3.95. The molecule has 4 unspecified atom stereocenters. The lowest BCUT2D eigenvalue weighted by molar-refractivity contribution is 0.0974. The van der Waals surface area contributed by atoms with Crippen molar-refractivity contribution in [2.24, 2.45) is 5.92 Å². The Hall–Kier alpha value is -0.120. The van der Waals surface area contributed by atoms with Crippen molar-refractivity contribution in [1.82, 2.24) is 5.32 Å². The van der Waals surface area contributed by atoms with Crippen LogP contribution in [-0.2, 0) is 4.74 Å². The Bertz CT molecular complexity index is 198. The van der Waals surface area contributed by atoms with E-state index in [0.29, 0.717) is 30.7 Å². The summed E-state index contributed by atoms with van der Waals surface area (Å²) in [7, 11) is 0. The average molecular weight is 213 g/mol. The van der Waals surface area contributed by atoms with Gasteiger partial charge in [0.2, 0.25) is 0 Å². The maximum Gasteiger partial charge on any atom is 0.0700 e. The van der Waals surface area contributed by atoms with Gasteiger partial charge >= 0.3 is 0 Å². The molecule has 3 heteroatoms. The van der Waals surface area contributed by atoms with Crippen molar-refractivity contribution in [3.05, 3.63) is 0 Å². The van der Waals surface area contributed by atoms with Gasteiger partial charge in [0.25, 0.3) is 0 Å². The van der Waals surface area contributed by atoms with Crippen molar-refractivity contribution >= 4 is 0 Å². The highest BCUT2D eigenvalue weighted by Crippen LogP contribution is 2.26. The Morgan fingerprint density at radius 2 is 2.00 bits per heavy atom. The fourth-order valence-corrected chi connectivity index (χ4v) is 2.87. The van der Waals surface area contributed by atoms with E-state index < -0.39 is 0 Å². The second-order valence-electron chi connectivity index (χ2n) is 4.97. The quantitative estimate of drug-likeness (QED) is 0.742. The minimum absolute atomic E-state index is 0.333. The lowest BCUT2D eigenvalue weighted by atomic mass is 9.84. The molecule has 0 aromatic rings. The van der Waals surface area contributed by atoms with Crippen LogP contribution in [0.4, 0.5) is 0 Å². The Kier molecular flexibility index (Phi) is 4.00. The zero-order valence-corrected chi connectivity index (χ0v) is 9.61. The summed E-state index contributed by atoms with van der Waals surface area (Å²) in [5, 5.41) is 13.0. The molecule has 2 rings (SSSR count). The number of aliphatic hydroxyl groups is 1. The van der Waals surface area contributed by atoms with E-state index in [4.69, 9.17) is 4.74 Å². The second kappa shape index (κ2) is 5.28. The lowest BCUT2D eigenvalue weighted by Gasteiger charge is -2.34. The van der Waals surface area contributed by atoms with Crippen LogP contribution in [0.15, 0.2) is 0 Å². The van der Waals surface area contributed by atoms with E-state index >= 15 is 0 Å². The molecule has 2 N–H and O–H groups in total. The fourth-order valence-electron chi connectivity index (χ4n) is 2.87. The molecule has 15 heavy (non-hydrogen) atoms. The van der Waals surface area contributed by atoms with Crippen molar-refractivity contribution in [3.63, 3.8) is 0 Å². The van der Waals surface area contributed by atoms with E-state index in [1.165, 1.54) is 25.7 Å². The largest absolute Gasteiger partial charge is 0.396 e. The minimum Gasteiger partial charge on any atom is -0.396 e. The zero-order chi connectivity index (χ0) is 10.7. The number of aliphatic hydroxyl groups excluding tert-OH is 1. The molecule has 1 heterocycles. The average Bonchev–Trinajstić information content (AvgIpc) is 2.65. The third kappa shape index (κ3) is 2.71. The molecule has 2 fully saturated rings. The summed E-state index contributed by atoms with van der Waals surface area (Å²) in [5.74, 6) is 0.464. The van der Waals surface area contributed by atoms with Crippen molar-refractivity contribution in [1.29, 1.82) is 0 Å². The van der Waals surface area contributed by atoms with Gasteiger partial charge in [-0.05, 0) is 32.1 Å². The first kappa shape index (κ1) is 11.4. The molecule has 88 valence electrons. The smallest absolute Gasteiger partial charge is 0.0700 e. The molecule has 0 bridgehead atoms. The highest BCUT2D eigenvalue weighted by atomic mass is 16.5. The van der Waals surface area contributed by atoms with Gasteiger partial charge in [0.05, 0.1) is 6.10 Å². The molecule has 1 aliphatic heterocycles. The zero-order valence-electron chi connectivity index (χ0n) is 9.61. The molecule has 2 aliphatic rings. The van der Waals surface area contributed by atoms with Crippen LogP contribution in [0.1, 0.15) is 39.0 Å². The number of rotatable bonds is 3. The van der Waals surface area contributed by atoms with Gasteiger partial charge in [-0.2, -0.15) is 0 Å². The van der Waals surface area contributed by atoms with Crippen LogP contribution in [0.2, 0.25) is 0 Å². The molecule has 0 spiro atoms. The van der Waals surface area contributed by atoms with Crippen LogP contribution < -0.4 is 5.32 Å². The van der Waals surface area contributed by atoms with Gasteiger partial charge in [0, 0.05) is 25.3 Å². The van der Waals surface area contributed by atoms with Crippen molar-refractivity contribution in [3.8, 4) is 0 Å². The van der Waals surface area contributed by atoms with Crippen molar-refractivity contribution in [2.45, 2.75) is 57.2 Å². The maximum atomic E-state index is 9.33. The van der Waals surface area contributed by atoms with Crippen LogP contribution >= 0.6 is 0 Å². The molecule has 0 aromatic heterocycles. The van der Waals surface area contributed by atoms with E-state index in [1.54, 1.807) is 0 Å². The molecule has 0 radical (unpaired) electrons. The molecule has 1 aliphatic carbocycles. The van der Waals surface area contributed by atoms with Gasteiger partial charge in [-0.15, -0.1) is 0 Å². The molecule has 1 saturated heterocycles. The second-order valence-corrected chi connectivity index (χ2v) is 4.97. The first-order valence-corrected chi connectivity index (χ1v) is 6.29.